The fourth-order valence-electron chi connectivity index (χ4n) is 2.33. The monoisotopic (exact) mass is 262 g/mol. The highest BCUT2D eigenvalue weighted by Gasteiger charge is 2.29. The second-order valence-electron chi connectivity index (χ2n) is 4.20. The molecule has 1 aromatic heterocycles. The lowest BCUT2D eigenvalue weighted by Crippen LogP contribution is -2.39. The molecule has 1 unspecified atom stereocenters. The first kappa shape index (κ1) is 12.8. The zero-order valence-corrected chi connectivity index (χ0v) is 10.9. The van der Waals surface area contributed by atoms with Crippen LogP contribution in [0.4, 0.5) is 0 Å². The molecule has 1 atom stereocenters. The molecule has 94 valence electrons. The quantitative estimate of drug-likeness (QED) is 0.477. The molecular weight excluding hydrogens is 248 g/mol. The van der Waals surface area contributed by atoms with Crippen LogP contribution in [-0.4, -0.2) is 22.3 Å². The van der Waals surface area contributed by atoms with E-state index >= 15 is 0 Å². The van der Waals surface area contributed by atoms with Crippen LogP contribution in [-0.2, 0) is 11.2 Å². The molecule has 0 radical (unpaired) electrons. The van der Waals surface area contributed by atoms with E-state index in [1.807, 2.05) is 17.0 Å². The third-order valence-corrected chi connectivity index (χ3v) is 3.36. The van der Waals surface area contributed by atoms with E-state index in [9.17, 15) is 4.79 Å². The highest BCUT2D eigenvalue weighted by atomic mass is 35.5. The molecule has 0 saturated carbocycles. The molecular formula is C14H15ClN2O. The van der Waals surface area contributed by atoms with Crippen LogP contribution in [0.3, 0.4) is 0 Å². The van der Waals surface area contributed by atoms with Crippen molar-refractivity contribution >= 4 is 17.5 Å². The SMILES string of the molecule is C=CCC1c2ccc(Cl)nc2CCN1C(=O)C=C. The van der Waals surface area contributed by atoms with E-state index in [1.54, 1.807) is 6.07 Å². The van der Waals surface area contributed by atoms with Gasteiger partial charge in [0.25, 0.3) is 0 Å². The molecule has 18 heavy (non-hydrogen) atoms. The molecule has 4 heteroatoms. The summed E-state index contributed by atoms with van der Waals surface area (Å²) in [5, 5.41) is 0.495. The number of hydrogen-bond acceptors (Lipinski definition) is 2. The molecule has 1 amide bonds. The first-order chi connectivity index (χ1) is 8.67. The van der Waals surface area contributed by atoms with Gasteiger partial charge in [0.05, 0.1) is 6.04 Å². The van der Waals surface area contributed by atoms with Gasteiger partial charge < -0.3 is 4.90 Å². The van der Waals surface area contributed by atoms with E-state index < -0.39 is 0 Å². The van der Waals surface area contributed by atoms with Crippen LogP contribution in [0.1, 0.15) is 23.7 Å². The van der Waals surface area contributed by atoms with Gasteiger partial charge in [0.15, 0.2) is 0 Å². The van der Waals surface area contributed by atoms with Crippen LogP contribution in [0.15, 0.2) is 37.4 Å². The molecule has 2 heterocycles. The topological polar surface area (TPSA) is 33.2 Å². The number of carbonyl (C=O) groups is 1. The summed E-state index contributed by atoms with van der Waals surface area (Å²) in [4.78, 5) is 18.0. The van der Waals surface area contributed by atoms with Crippen molar-refractivity contribution in [3.8, 4) is 0 Å². The molecule has 0 saturated heterocycles. The number of halogens is 1. The van der Waals surface area contributed by atoms with Gasteiger partial charge in [0.2, 0.25) is 5.91 Å². The van der Waals surface area contributed by atoms with Gasteiger partial charge in [-0.15, -0.1) is 6.58 Å². The van der Waals surface area contributed by atoms with E-state index in [0.717, 1.165) is 17.7 Å². The molecule has 3 nitrogen and oxygen atoms in total. The minimum Gasteiger partial charge on any atom is -0.331 e. The van der Waals surface area contributed by atoms with E-state index in [2.05, 4.69) is 18.1 Å². The van der Waals surface area contributed by atoms with Gasteiger partial charge in [-0.25, -0.2) is 4.98 Å². The van der Waals surface area contributed by atoms with Gasteiger partial charge in [-0.05, 0) is 24.1 Å². The predicted molar refractivity (Wildman–Crippen MR) is 72.4 cm³/mol. The lowest BCUT2D eigenvalue weighted by Gasteiger charge is -2.35. The number of rotatable bonds is 3. The summed E-state index contributed by atoms with van der Waals surface area (Å²) >= 11 is 5.90. The van der Waals surface area contributed by atoms with Crippen molar-refractivity contribution in [1.29, 1.82) is 0 Å². The maximum absolute atomic E-state index is 11.9. The van der Waals surface area contributed by atoms with Gasteiger partial charge in [-0.1, -0.05) is 30.3 Å². The first-order valence-corrected chi connectivity index (χ1v) is 6.24. The molecule has 1 aromatic rings. The molecule has 1 aliphatic rings. The summed E-state index contributed by atoms with van der Waals surface area (Å²) in [6, 6.07) is 3.70. The molecule has 0 fully saturated rings. The van der Waals surface area contributed by atoms with Crippen LogP contribution >= 0.6 is 11.6 Å². The minimum atomic E-state index is -0.0533. The molecule has 1 aliphatic heterocycles. The smallest absolute Gasteiger partial charge is 0.246 e. The maximum Gasteiger partial charge on any atom is 0.246 e. The number of carbonyl (C=O) groups excluding carboxylic acids is 1. The van der Waals surface area contributed by atoms with Crippen molar-refractivity contribution < 1.29 is 4.79 Å². The number of amides is 1. The fourth-order valence-corrected chi connectivity index (χ4v) is 2.50. The highest BCUT2D eigenvalue weighted by Crippen LogP contribution is 2.32. The third kappa shape index (κ3) is 2.31. The van der Waals surface area contributed by atoms with Crippen LogP contribution in [0.25, 0.3) is 0 Å². The third-order valence-electron chi connectivity index (χ3n) is 3.15. The Labute approximate surface area is 112 Å². The Morgan fingerprint density at radius 3 is 3.00 bits per heavy atom. The summed E-state index contributed by atoms with van der Waals surface area (Å²) in [5.41, 5.74) is 2.03. The number of pyridine rings is 1. The second-order valence-corrected chi connectivity index (χ2v) is 4.58. The Bertz CT molecular complexity index is 499. The first-order valence-electron chi connectivity index (χ1n) is 5.86. The summed E-state index contributed by atoms with van der Waals surface area (Å²) < 4.78 is 0. The molecule has 0 spiro atoms. The zero-order chi connectivity index (χ0) is 13.1. The van der Waals surface area contributed by atoms with Gasteiger partial charge in [0, 0.05) is 18.7 Å². The predicted octanol–water partition coefficient (Wildman–Crippen LogP) is 2.92. The Kier molecular flexibility index (Phi) is 3.82. The van der Waals surface area contributed by atoms with Crippen molar-refractivity contribution in [3.63, 3.8) is 0 Å². The number of aromatic nitrogens is 1. The summed E-state index contributed by atoms with van der Waals surface area (Å²) in [6.45, 7) is 7.94. The Morgan fingerprint density at radius 1 is 1.56 bits per heavy atom. The van der Waals surface area contributed by atoms with Crippen molar-refractivity contribution in [2.24, 2.45) is 0 Å². The molecule has 0 bridgehead atoms. The molecule has 0 aromatic carbocycles. The van der Waals surface area contributed by atoms with Gasteiger partial charge in [-0.3, -0.25) is 4.79 Å². The van der Waals surface area contributed by atoms with Crippen molar-refractivity contribution in [3.05, 3.63) is 53.9 Å². The van der Waals surface area contributed by atoms with Crippen LogP contribution in [0.2, 0.25) is 5.15 Å². The lowest BCUT2D eigenvalue weighted by atomic mass is 9.94. The van der Waals surface area contributed by atoms with Crippen LogP contribution < -0.4 is 0 Å². The van der Waals surface area contributed by atoms with Crippen molar-refractivity contribution in [1.82, 2.24) is 9.88 Å². The maximum atomic E-state index is 11.9. The molecule has 0 aliphatic carbocycles. The second kappa shape index (κ2) is 5.36. The number of nitrogens with zero attached hydrogens (tertiary/aromatic N) is 2. The van der Waals surface area contributed by atoms with E-state index in [0.29, 0.717) is 18.1 Å². The normalized spacial score (nSPS) is 18.1. The largest absolute Gasteiger partial charge is 0.331 e. The van der Waals surface area contributed by atoms with Gasteiger partial charge in [0.1, 0.15) is 5.15 Å². The summed E-state index contributed by atoms with van der Waals surface area (Å²) in [5.74, 6) is -0.0533. The minimum absolute atomic E-state index is 0.0125. The standard InChI is InChI=1S/C14H15ClN2O/c1-3-5-12-10-6-7-13(15)16-11(10)8-9-17(12)14(18)4-2/h3-4,6-7,12H,1-2,5,8-9H2. The lowest BCUT2D eigenvalue weighted by molar-refractivity contribution is -0.128. The Balaban J connectivity index is 2.41. The molecule has 2 rings (SSSR count). The Hall–Kier alpha value is -1.61. The van der Waals surface area contributed by atoms with Crippen LogP contribution in [0.5, 0.6) is 0 Å². The van der Waals surface area contributed by atoms with Crippen molar-refractivity contribution in [2.45, 2.75) is 18.9 Å². The molecule has 0 N–H and O–H groups in total. The fraction of sp³-hybridized carbons (Fsp3) is 0.286. The zero-order valence-electron chi connectivity index (χ0n) is 10.1. The van der Waals surface area contributed by atoms with Gasteiger partial charge in [-0.2, -0.15) is 0 Å². The summed E-state index contributed by atoms with van der Waals surface area (Å²) in [6.07, 6.45) is 4.60. The van der Waals surface area contributed by atoms with Gasteiger partial charge >= 0.3 is 0 Å². The van der Waals surface area contributed by atoms with E-state index in [-0.39, 0.29) is 11.9 Å². The van der Waals surface area contributed by atoms with Crippen LogP contribution in [0, 0.1) is 0 Å². The average Bonchev–Trinajstić information content (AvgIpc) is 2.38. The van der Waals surface area contributed by atoms with E-state index in [4.69, 9.17) is 11.6 Å². The Morgan fingerprint density at radius 2 is 2.33 bits per heavy atom. The number of fused-ring (bicyclic) bond motifs is 1. The summed E-state index contributed by atoms with van der Waals surface area (Å²) in [7, 11) is 0. The van der Waals surface area contributed by atoms with Crippen molar-refractivity contribution in [2.75, 3.05) is 6.54 Å². The highest BCUT2D eigenvalue weighted by molar-refractivity contribution is 6.29. The number of hydrogen-bond donors (Lipinski definition) is 0. The van der Waals surface area contributed by atoms with E-state index in [1.165, 1.54) is 6.08 Å². The average molecular weight is 263 g/mol.